The zero-order valence-electron chi connectivity index (χ0n) is 16.2. The molecule has 0 radical (unpaired) electrons. The molecule has 0 aliphatic carbocycles. The van der Waals surface area contributed by atoms with Crippen molar-refractivity contribution in [2.24, 2.45) is 0 Å². The minimum Gasteiger partial charge on any atom is -0.322 e. The summed E-state index contributed by atoms with van der Waals surface area (Å²) in [7, 11) is 0. The first-order valence-electron chi connectivity index (χ1n) is 9.33. The van der Waals surface area contributed by atoms with E-state index >= 15 is 0 Å². The van der Waals surface area contributed by atoms with Crippen LogP contribution in [0.25, 0.3) is 16.9 Å². The predicted molar refractivity (Wildman–Crippen MR) is 118 cm³/mol. The Hall–Kier alpha value is -3.37. The number of carbonyl (C=O) groups is 1. The first-order chi connectivity index (χ1) is 14.1. The molecule has 3 aromatic carbocycles. The SMILES string of the molecule is Cc1c(Cl)cccc1NC(=O)c1c(-c2ccccc2)nn(-c2ccccc2)c1C. The Kier molecular flexibility index (Phi) is 5.19. The third-order valence-corrected chi connectivity index (χ3v) is 5.32. The maximum atomic E-state index is 13.3. The number of nitrogens with one attached hydrogen (secondary N) is 1. The number of amides is 1. The van der Waals surface area contributed by atoms with Crippen LogP contribution in [0.5, 0.6) is 0 Å². The van der Waals surface area contributed by atoms with Gasteiger partial charge in [-0.3, -0.25) is 4.79 Å². The lowest BCUT2D eigenvalue weighted by atomic mass is 10.0. The van der Waals surface area contributed by atoms with E-state index in [4.69, 9.17) is 16.7 Å². The lowest BCUT2D eigenvalue weighted by molar-refractivity contribution is 0.102. The van der Waals surface area contributed by atoms with E-state index in [1.165, 1.54) is 0 Å². The molecule has 0 saturated carbocycles. The normalized spacial score (nSPS) is 10.7. The first kappa shape index (κ1) is 19.0. The molecule has 4 aromatic rings. The van der Waals surface area contributed by atoms with Crippen molar-refractivity contribution in [2.45, 2.75) is 13.8 Å². The van der Waals surface area contributed by atoms with Crippen LogP contribution in [0, 0.1) is 13.8 Å². The maximum absolute atomic E-state index is 13.3. The summed E-state index contributed by atoms with van der Waals surface area (Å²) in [5.74, 6) is -0.214. The van der Waals surface area contributed by atoms with E-state index in [9.17, 15) is 4.79 Å². The Bertz CT molecular complexity index is 1170. The number of carbonyl (C=O) groups excluding carboxylic acids is 1. The molecule has 0 atom stereocenters. The lowest BCUT2D eigenvalue weighted by Gasteiger charge is -2.10. The molecule has 4 nitrogen and oxygen atoms in total. The summed E-state index contributed by atoms with van der Waals surface area (Å²) >= 11 is 6.22. The van der Waals surface area contributed by atoms with E-state index in [0.29, 0.717) is 22.0 Å². The second-order valence-corrected chi connectivity index (χ2v) is 7.20. The average Bonchev–Trinajstić information content (AvgIpc) is 3.10. The molecule has 5 heteroatoms. The number of para-hydroxylation sites is 1. The van der Waals surface area contributed by atoms with E-state index in [1.807, 2.05) is 91.3 Å². The minimum atomic E-state index is -0.214. The Morgan fingerprint density at radius 3 is 2.24 bits per heavy atom. The molecular formula is C24H20ClN3O. The molecule has 1 heterocycles. The lowest BCUT2D eigenvalue weighted by Crippen LogP contribution is -2.15. The van der Waals surface area contributed by atoms with Gasteiger partial charge in [-0.05, 0) is 43.7 Å². The molecule has 1 aromatic heterocycles. The fourth-order valence-electron chi connectivity index (χ4n) is 3.32. The molecule has 0 aliphatic heterocycles. The predicted octanol–water partition coefficient (Wildman–Crippen LogP) is 6.06. The van der Waals surface area contributed by atoms with Gasteiger partial charge in [0.2, 0.25) is 0 Å². The van der Waals surface area contributed by atoms with Crippen LogP contribution in [0.15, 0.2) is 78.9 Å². The van der Waals surface area contributed by atoms with Crippen LogP contribution in [0.4, 0.5) is 5.69 Å². The molecule has 29 heavy (non-hydrogen) atoms. The molecule has 0 unspecified atom stereocenters. The molecule has 144 valence electrons. The Balaban J connectivity index is 1.84. The van der Waals surface area contributed by atoms with Gasteiger partial charge in [0.25, 0.3) is 5.91 Å². The fraction of sp³-hybridized carbons (Fsp3) is 0.0833. The molecule has 1 amide bonds. The van der Waals surface area contributed by atoms with Crippen molar-refractivity contribution in [2.75, 3.05) is 5.32 Å². The van der Waals surface area contributed by atoms with E-state index in [0.717, 1.165) is 22.5 Å². The number of nitrogens with zero attached hydrogens (tertiary/aromatic N) is 2. The molecular weight excluding hydrogens is 382 g/mol. The summed E-state index contributed by atoms with van der Waals surface area (Å²) in [6.45, 7) is 3.79. The number of anilines is 1. The van der Waals surface area contributed by atoms with Gasteiger partial charge in [-0.1, -0.05) is 66.2 Å². The minimum absolute atomic E-state index is 0.214. The van der Waals surface area contributed by atoms with Gasteiger partial charge in [0, 0.05) is 16.3 Å². The number of benzene rings is 3. The summed E-state index contributed by atoms with van der Waals surface area (Å²) in [5, 5.41) is 8.40. The van der Waals surface area contributed by atoms with Gasteiger partial charge in [-0.25, -0.2) is 4.68 Å². The molecule has 0 aliphatic rings. The molecule has 0 saturated heterocycles. The third kappa shape index (κ3) is 3.67. The highest BCUT2D eigenvalue weighted by Gasteiger charge is 2.23. The van der Waals surface area contributed by atoms with Crippen LogP contribution in [0.1, 0.15) is 21.6 Å². The van der Waals surface area contributed by atoms with Crippen LogP contribution in [-0.4, -0.2) is 15.7 Å². The largest absolute Gasteiger partial charge is 0.322 e. The summed E-state index contributed by atoms with van der Waals surface area (Å²) in [5.41, 5.74) is 5.26. The molecule has 0 spiro atoms. The van der Waals surface area contributed by atoms with Crippen LogP contribution >= 0.6 is 11.6 Å². The number of hydrogen-bond acceptors (Lipinski definition) is 2. The molecule has 1 N–H and O–H groups in total. The molecule has 0 fully saturated rings. The summed E-state index contributed by atoms with van der Waals surface area (Å²) in [6.07, 6.45) is 0. The quantitative estimate of drug-likeness (QED) is 0.451. The zero-order valence-corrected chi connectivity index (χ0v) is 16.9. The van der Waals surface area contributed by atoms with E-state index < -0.39 is 0 Å². The molecule has 4 rings (SSSR count). The van der Waals surface area contributed by atoms with Gasteiger partial charge in [-0.15, -0.1) is 0 Å². The smallest absolute Gasteiger partial charge is 0.259 e. The Morgan fingerprint density at radius 1 is 0.897 bits per heavy atom. The Morgan fingerprint density at radius 2 is 1.55 bits per heavy atom. The van der Waals surface area contributed by atoms with Crippen molar-refractivity contribution in [1.29, 1.82) is 0 Å². The van der Waals surface area contributed by atoms with Crippen LogP contribution in [-0.2, 0) is 0 Å². The van der Waals surface area contributed by atoms with Crippen molar-refractivity contribution in [3.8, 4) is 16.9 Å². The third-order valence-electron chi connectivity index (χ3n) is 4.91. The monoisotopic (exact) mass is 401 g/mol. The highest BCUT2D eigenvalue weighted by Crippen LogP contribution is 2.29. The Labute approximate surface area is 174 Å². The van der Waals surface area contributed by atoms with Gasteiger partial charge in [-0.2, -0.15) is 5.10 Å². The number of rotatable bonds is 4. The average molecular weight is 402 g/mol. The van der Waals surface area contributed by atoms with Crippen molar-refractivity contribution < 1.29 is 4.79 Å². The number of halogens is 1. The first-order valence-corrected chi connectivity index (χ1v) is 9.71. The summed E-state index contributed by atoms with van der Waals surface area (Å²) in [4.78, 5) is 13.3. The van der Waals surface area contributed by atoms with E-state index in [2.05, 4.69) is 5.32 Å². The van der Waals surface area contributed by atoms with Crippen LogP contribution in [0.2, 0.25) is 5.02 Å². The van der Waals surface area contributed by atoms with Gasteiger partial charge in [0.15, 0.2) is 0 Å². The highest BCUT2D eigenvalue weighted by atomic mass is 35.5. The maximum Gasteiger partial charge on any atom is 0.259 e. The number of aromatic nitrogens is 2. The van der Waals surface area contributed by atoms with Crippen LogP contribution in [0.3, 0.4) is 0 Å². The van der Waals surface area contributed by atoms with Crippen LogP contribution < -0.4 is 5.32 Å². The topological polar surface area (TPSA) is 46.9 Å². The number of hydrogen-bond donors (Lipinski definition) is 1. The van der Waals surface area contributed by atoms with Gasteiger partial charge >= 0.3 is 0 Å². The van der Waals surface area contributed by atoms with Gasteiger partial charge in [0.1, 0.15) is 5.69 Å². The van der Waals surface area contributed by atoms with E-state index in [-0.39, 0.29) is 5.91 Å². The standard InChI is InChI=1S/C24H20ClN3O/c1-16-20(25)14-9-15-21(16)26-24(29)22-17(2)28(19-12-7-4-8-13-19)27-23(22)18-10-5-3-6-11-18/h3-15H,1-2H3,(H,26,29). The molecule has 0 bridgehead atoms. The summed E-state index contributed by atoms with van der Waals surface area (Å²) in [6, 6.07) is 25.0. The summed E-state index contributed by atoms with van der Waals surface area (Å²) < 4.78 is 1.81. The zero-order chi connectivity index (χ0) is 20.4. The van der Waals surface area contributed by atoms with Crippen molar-refractivity contribution in [3.05, 3.63) is 101 Å². The fourth-order valence-corrected chi connectivity index (χ4v) is 3.50. The van der Waals surface area contributed by atoms with Gasteiger partial charge in [0.05, 0.1) is 16.9 Å². The second kappa shape index (κ2) is 7.94. The van der Waals surface area contributed by atoms with Gasteiger partial charge < -0.3 is 5.32 Å². The van der Waals surface area contributed by atoms with Crippen molar-refractivity contribution in [3.63, 3.8) is 0 Å². The van der Waals surface area contributed by atoms with Crippen molar-refractivity contribution >= 4 is 23.2 Å². The highest BCUT2D eigenvalue weighted by molar-refractivity contribution is 6.31. The second-order valence-electron chi connectivity index (χ2n) is 6.79. The van der Waals surface area contributed by atoms with Crippen molar-refractivity contribution in [1.82, 2.24) is 9.78 Å². The van der Waals surface area contributed by atoms with E-state index in [1.54, 1.807) is 6.07 Å².